The van der Waals surface area contributed by atoms with E-state index >= 15 is 0 Å². The Morgan fingerprint density at radius 1 is 1.25 bits per heavy atom. The molecule has 1 heterocycles. The van der Waals surface area contributed by atoms with Crippen molar-refractivity contribution in [2.75, 3.05) is 11.1 Å². The molecular weight excluding hydrogens is 403 g/mol. The number of hydrogen-bond acceptors (Lipinski definition) is 5. The van der Waals surface area contributed by atoms with E-state index < -0.39 is 0 Å². The minimum atomic E-state index is -0.352. The van der Waals surface area contributed by atoms with E-state index in [9.17, 15) is 9.18 Å². The number of benzene rings is 2. The summed E-state index contributed by atoms with van der Waals surface area (Å²) in [7, 11) is 1.81. The smallest absolute Gasteiger partial charge is 0.234 e. The first-order chi connectivity index (χ1) is 13.4. The second kappa shape index (κ2) is 9.07. The zero-order valence-electron chi connectivity index (χ0n) is 15.3. The number of carbonyl (C=O) groups excluding carboxylic acids is 1. The normalized spacial score (nSPS) is 10.7. The number of rotatable bonds is 7. The van der Waals surface area contributed by atoms with Gasteiger partial charge in [0, 0.05) is 17.8 Å². The van der Waals surface area contributed by atoms with E-state index in [0.717, 1.165) is 11.3 Å². The lowest BCUT2D eigenvalue weighted by atomic mass is 10.2. The second-order valence-corrected chi connectivity index (χ2v) is 7.38. The first kappa shape index (κ1) is 20.2. The quantitative estimate of drug-likeness (QED) is 0.579. The van der Waals surface area contributed by atoms with Gasteiger partial charge in [0.2, 0.25) is 5.91 Å². The number of carbonyl (C=O) groups is 1. The molecule has 3 rings (SSSR count). The fraction of sp³-hybridized carbons (Fsp3) is 0.211. The van der Waals surface area contributed by atoms with E-state index in [1.165, 1.54) is 36.0 Å². The summed E-state index contributed by atoms with van der Waals surface area (Å²) in [5.41, 5.74) is 1.47. The van der Waals surface area contributed by atoms with Crippen LogP contribution in [0.5, 0.6) is 5.75 Å². The predicted molar refractivity (Wildman–Crippen MR) is 107 cm³/mol. The van der Waals surface area contributed by atoms with Crippen molar-refractivity contribution in [3.8, 4) is 5.75 Å². The van der Waals surface area contributed by atoms with Gasteiger partial charge in [-0.05, 0) is 55.0 Å². The third-order valence-corrected chi connectivity index (χ3v) is 5.13. The third kappa shape index (κ3) is 5.24. The summed E-state index contributed by atoms with van der Waals surface area (Å²) in [4.78, 5) is 12.0. The Labute approximate surface area is 171 Å². The average Bonchev–Trinajstić information content (AvgIpc) is 3.01. The minimum Gasteiger partial charge on any atom is -0.485 e. The Hall–Kier alpha value is -2.58. The molecule has 2 aromatic carbocycles. The summed E-state index contributed by atoms with van der Waals surface area (Å²) in [6.45, 7) is 2.16. The minimum absolute atomic E-state index is 0.153. The molecule has 28 heavy (non-hydrogen) atoms. The molecule has 0 saturated heterocycles. The maximum absolute atomic E-state index is 12.9. The molecule has 0 aliphatic rings. The number of hydrogen-bond donors (Lipinski definition) is 1. The summed E-state index contributed by atoms with van der Waals surface area (Å²) in [5.74, 6) is 0.945. The summed E-state index contributed by atoms with van der Waals surface area (Å²) < 4.78 is 20.5. The molecule has 1 aromatic heterocycles. The largest absolute Gasteiger partial charge is 0.485 e. The van der Waals surface area contributed by atoms with Gasteiger partial charge in [0.15, 0.2) is 11.0 Å². The fourth-order valence-corrected chi connectivity index (χ4v) is 3.33. The van der Waals surface area contributed by atoms with Crippen molar-refractivity contribution in [3.05, 3.63) is 64.7 Å². The van der Waals surface area contributed by atoms with Crippen molar-refractivity contribution in [2.45, 2.75) is 18.7 Å². The van der Waals surface area contributed by atoms with Crippen LogP contribution in [0.15, 0.2) is 47.6 Å². The van der Waals surface area contributed by atoms with Crippen LogP contribution in [0.3, 0.4) is 0 Å². The number of nitrogens with zero attached hydrogens (tertiary/aromatic N) is 3. The van der Waals surface area contributed by atoms with Gasteiger partial charge in [-0.3, -0.25) is 4.79 Å². The molecule has 9 heteroatoms. The Morgan fingerprint density at radius 2 is 2.00 bits per heavy atom. The molecule has 0 unspecified atom stereocenters. The average molecular weight is 421 g/mol. The Morgan fingerprint density at radius 3 is 2.71 bits per heavy atom. The number of aryl methyl sites for hydroxylation is 1. The molecule has 146 valence electrons. The molecule has 0 fully saturated rings. The molecule has 0 aliphatic carbocycles. The zero-order valence-corrected chi connectivity index (χ0v) is 16.9. The van der Waals surface area contributed by atoms with Crippen LogP contribution in [0.2, 0.25) is 5.02 Å². The molecular formula is C19H18ClFN4O2S. The van der Waals surface area contributed by atoms with E-state index in [4.69, 9.17) is 16.3 Å². The number of thioether (sulfide) groups is 1. The van der Waals surface area contributed by atoms with Crippen molar-refractivity contribution in [3.63, 3.8) is 0 Å². The number of amides is 1. The molecule has 0 spiro atoms. The van der Waals surface area contributed by atoms with Crippen LogP contribution in [0.1, 0.15) is 11.4 Å². The summed E-state index contributed by atoms with van der Waals surface area (Å²) in [6, 6.07) is 11.0. The lowest BCUT2D eigenvalue weighted by molar-refractivity contribution is -0.113. The Bertz CT molecular complexity index is 979. The van der Waals surface area contributed by atoms with Gasteiger partial charge >= 0.3 is 0 Å². The summed E-state index contributed by atoms with van der Waals surface area (Å²) in [5, 5.41) is 12.2. The van der Waals surface area contributed by atoms with E-state index in [2.05, 4.69) is 15.5 Å². The first-order valence-electron chi connectivity index (χ1n) is 8.38. The molecule has 0 saturated carbocycles. The molecule has 1 amide bonds. The van der Waals surface area contributed by atoms with Crippen LogP contribution in [-0.4, -0.2) is 26.4 Å². The van der Waals surface area contributed by atoms with Crippen LogP contribution in [0.4, 0.5) is 10.1 Å². The number of ether oxygens (including phenoxy) is 1. The lowest BCUT2D eigenvalue weighted by Gasteiger charge is -2.09. The highest BCUT2D eigenvalue weighted by Crippen LogP contribution is 2.23. The van der Waals surface area contributed by atoms with Gasteiger partial charge < -0.3 is 14.6 Å². The highest BCUT2D eigenvalue weighted by Gasteiger charge is 2.13. The number of aromatic nitrogens is 3. The van der Waals surface area contributed by atoms with Gasteiger partial charge in [-0.25, -0.2) is 4.39 Å². The topological polar surface area (TPSA) is 69.0 Å². The van der Waals surface area contributed by atoms with E-state index in [0.29, 0.717) is 21.7 Å². The fourth-order valence-electron chi connectivity index (χ4n) is 2.37. The lowest BCUT2D eigenvalue weighted by Crippen LogP contribution is -2.14. The van der Waals surface area contributed by atoms with Gasteiger partial charge in [0.1, 0.15) is 18.2 Å². The van der Waals surface area contributed by atoms with Crippen LogP contribution < -0.4 is 10.1 Å². The monoisotopic (exact) mass is 420 g/mol. The third-order valence-electron chi connectivity index (χ3n) is 3.88. The maximum Gasteiger partial charge on any atom is 0.234 e. The Balaban J connectivity index is 1.54. The van der Waals surface area contributed by atoms with Crippen LogP contribution in [0.25, 0.3) is 0 Å². The van der Waals surface area contributed by atoms with Crippen molar-refractivity contribution < 1.29 is 13.9 Å². The summed E-state index contributed by atoms with van der Waals surface area (Å²) in [6.07, 6.45) is 0. The summed E-state index contributed by atoms with van der Waals surface area (Å²) >= 11 is 7.20. The highest BCUT2D eigenvalue weighted by molar-refractivity contribution is 7.99. The van der Waals surface area contributed by atoms with Gasteiger partial charge in [-0.1, -0.05) is 23.4 Å². The predicted octanol–water partition coefficient (Wildman–Crippen LogP) is 4.23. The van der Waals surface area contributed by atoms with Crippen LogP contribution in [-0.2, 0) is 18.4 Å². The molecule has 0 radical (unpaired) electrons. The van der Waals surface area contributed by atoms with Crippen LogP contribution >= 0.6 is 23.4 Å². The number of anilines is 1. The van der Waals surface area contributed by atoms with E-state index in [1.807, 2.05) is 26.1 Å². The highest BCUT2D eigenvalue weighted by atomic mass is 35.5. The Kier molecular flexibility index (Phi) is 6.53. The van der Waals surface area contributed by atoms with Gasteiger partial charge in [0.05, 0.1) is 5.75 Å². The molecule has 6 nitrogen and oxygen atoms in total. The van der Waals surface area contributed by atoms with Gasteiger partial charge in [-0.15, -0.1) is 10.2 Å². The van der Waals surface area contributed by atoms with Crippen LogP contribution in [0, 0.1) is 12.7 Å². The standard InChI is InChI=1S/C19H18ClFN4O2S/c1-12-9-13(20)3-8-16(12)27-10-17-23-24-19(25(17)2)28-11-18(26)22-15-6-4-14(21)5-7-15/h3-9H,10-11H2,1-2H3,(H,22,26). The molecule has 1 N–H and O–H groups in total. The first-order valence-corrected chi connectivity index (χ1v) is 9.74. The van der Waals surface area contributed by atoms with Crippen molar-refractivity contribution in [1.82, 2.24) is 14.8 Å². The van der Waals surface area contributed by atoms with Crippen molar-refractivity contribution in [1.29, 1.82) is 0 Å². The van der Waals surface area contributed by atoms with E-state index in [-0.39, 0.29) is 24.1 Å². The number of halogens is 2. The SMILES string of the molecule is Cc1cc(Cl)ccc1OCc1nnc(SCC(=O)Nc2ccc(F)cc2)n1C. The maximum atomic E-state index is 12.9. The molecule has 0 bridgehead atoms. The van der Waals surface area contributed by atoms with E-state index in [1.54, 1.807) is 10.6 Å². The number of nitrogens with one attached hydrogen (secondary N) is 1. The van der Waals surface area contributed by atoms with Crippen molar-refractivity contribution in [2.24, 2.45) is 7.05 Å². The second-order valence-electron chi connectivity index (χ2n) is 6.00. The van der Waals surface area contributed by atoms with Gasteiger partial charge in [0.25, 0.3) is 0 Å². The molecule has 0 aliphatic heterocycles. The molecule has 0 atom stereocenters. The van der Waals surface area contributed by atoms with Gasteiger partial charge in [-0.2, -0.15) is 0 Å². The zero-order chi connectivity index (χ0) is 20.1. The van der Waals surface area contributed by atoms with Crippen molar-refractivity contribution >= 4 is 35.0 Å². The molecule has 3 aromatic rings.